The van der Waals surface area contributed by atoms with E-state index in [1.165, 1.54) is 12.1 Å². The molecular formula is C22H27FN2O2. The number of aryl methyl sites for hydroxylation is 1. The molecule has 0 aliphatic carbocycles. The van der Waals surface area contributed by atoms with Crippen molar-refractivity contribution in [2.45, 2.75) is 13.5 Å². The minimum Gasteiger partial charge on any atom is -0.496 e. The Kier molecular flexibility index (Phi) is 7.55. The summed E-state index contributed by atoms with van der Waals surface area (Å²) in [5, 5.41) is 0. The van der Waals surface area contributed by atoms with Gasteiger partial charge in [0, 0.05) is 31.3 Å². The first-order valence-electron chi connectivity index (χ1n) is 8.90. The third kappa shape index (κ3) is 6.53. The van der Waals surface area contributed by atoms with E-state index in [1.807, 2.05) is 44.1 Å². The van der Waals surface area contributed by atoms with Crippen molar-refractivity contribution in [2.24, 2.45) is 0 Å². The van der Waals surface area contributed by atoms with Gasteiger partial charge in [0.15, 0.2) is 0 Å². The molecule has 0 saturated heterocycles. The molecular weight excluding hydrogens is 343 g/mol. The van der Waals surface area contributed by atoms with E-state index in [1.54, 1.807) is 36.3 Å². The van der Waals surface area contributed by atoms with E-state index in [2.05, 4.69) is 0 Å². The van der Waals surface area contributed by atoms with Gasteiger partial charge in [-0.05, 0) is 56.9 Å². The summed E-state index contributed by atoms with van der Waals surface area (Å²) in [5.74, 6) is 0.351. The van der Waals surface area contributed by atoms with Gasteiger partial charge in [-0.25, -0.2) is 4.39 Å². The molecule has 0 heterocycles. The Bertz CT molecular complexity index is 785. The highest BCUT2D eigenvalue weighted by Gasteiger charge is 2.12. The summed E-state index contributed by atoms with van der Waals surface area (Å²) in [7, 11) is 5.55. The first-order chi connectivity index (χ1) is 12.9. The summed E-state index contributed by atoms with van der Waals surface area (Å²) in [5.41, 5.74) is 2.85. The van der Waals surface area contributed by atoms with Gasteiger partial charge in [-0.2, -0.15) is 0 Å². The van der Waals surface area contributed by atoms with E-state index in [0.717, 1.165) is 29.0 Å². The Morgan fingerprint density at radius 2 is 1.81 bits per heavy atom. The highest BCUT2D eigenvalue weighted by molar-refractivity contribution is 5.92. The molecule has 2 aromatic carbocycles. The van der Waals surface area contributed by atoms with Gasteiger partial charge < -0.3 is 14.5 Å². The van der Waals surface area contributed by atoms with Crippen LogP contribution in [-0.4, -0.2) is 50.0 Å². The number of carbonyl (C=O) groups excluding carboxylic acids is 1. The number of benzene rings is 2. The Labute approximate surface area is 160 Å². The van der Waals surface area contributed by atoms with Crippen molar-refractivity contribution in [1.82, 2.24) is 9.80 Å². The molecule has 0 fully saturated rings. The van der Waals surface area contributed by atoms with Crippen LogP contribution >= 0.6 is 0 Å². The Morgan fingerprint density at radius 3 is 2.44 bits per heavy atom. The lowest BCUT2D eigenvalue weighted by Crippen LogP contribution is -2.35. The van der Waals surface area contributed by atoms with Gasteiger partial charge in [0.25, 0.3) is 0 Å². The van der Waals surface area contributed by atoms with Crippen LogP contribution in [0.2, 0.25) is 0 Å². The number of amides is 1. The highest BCUT2D eigenvalue weighted by atomic mass is 19.1. The lowest BCUT2D eigenvalue weighted by atomic mass is 10.1. The second-order valence-electron chi connectivity index (χ2n) is 6.77. The normalized spacial score (nSPS) is 11.2. The second-order valence-corrected chi connectivity index (χ2v) is 6.77. The molecule has 0 saturated carbocycles. The summed E-state index contributed by atoms with van der Waals surface area (Å²) in [6, 6.07) is 12.1. The minimum atomic E-state index is -0.281. The third-order valence-electron chi connectivity index (χ3n) is 4.21. The number of likely N-dealkylation sites (N-methyl/N-ethyl adjacent to an activating group) is 1. The zero-order valence-corrected chi connectivity index (χ0v) is 16.4. The maximum absolute atomic E-state index is 13.1. The van der Waals surface area contributed by atoms with Crippen molar-refractivity contribution in [3.05, 3.63) is 71.0 Å². The smallest absolute Gasteiger partial charge is 0.246 e. The molecule has 144 valence electrons. The molecule has 0 N–H and O–H groups in total. The Hall–Kier alpha value is -2.66. The van der Waals surface area contributed by atoms with E-state index < -0.39 is 0 Å². The SMILES string of the molecule is COc1ccc(C)cc1/C=C/C(=O)N(CCN(C)C)Cc1ccc(F)cc1. The van der Waals surface area contributed by atoms with Gasteiger partial charge in [0.1, 0.15) is 11.6 Å². The van der Waals surface area contributed by atoms with Gasteiger partial charge in [-0.1, -0.05) is 23.8 Å². The fourth-order valence-electron chi connectivity index (χ4n) is 2.65. The van der Waals surface area contributed by atoms with E-state index in [-0.39, 0.29) is 11.7 Å². The van der Waals surface area contributed by atoms with Crippen molar-refractivity contribution in [1.29, 1.82) is 0 Å². The summed E-state index contributed by atoms with van der Waals surface area (Å²) in [6.07, 6.45) is 3.35. The zero-order chi connectivity index (χ0) is 19.8. The number of nitrogens with zero attached hydrogens (tertiary/aromatic N) is 2. The number of hydrogen-bond donors (Lipinski definition) is 0. The molecule has 0 radical (unpaired) electrons. The fourth-order valence-corrected chi connectivity index (χ4v) is 2.65. The molecule has 0 aliphatic rings. The molecule has 0 atom stereocenters. The monoisotopic (exact) mass is 370 g/mol. The lowest BCUT2D eigenvalue weighted by Gasteiger charge is -2.23. The van der Waals surface area contributed by atoms with Crippen LogP contribution in [0.5, 0.6) is 5.75 Å². The van der Waals surface area contributed by atoms with E-state index >= 15 is 0 Å². The number of methoxy groups -OCH3 is 1. The number of halogens is 1. The summed E-state index contributed by atoms with van der Waals surface area (Å²) in [6.45, 7) is 3.76. The molecule has 0 bridgehead atoms. The number of carbonyl (C=O) groups is 1. The van der Waals surface area contributed by atoms with Crippen LogP contribution < -0.4 is 4.74 Å². The van der Waals surface area contributed by atoms with Gasteiger partial charge in [-0.15, -0.1) is 0 Å². The van der Waals surface area contributed by atoms with Crippen LogP contribution in [0.4, 0.5) is 4.39 Å². The average molecular weight is 370 g/mol. The number of ether oxygens (including phenoxy) is 1. The van der Waals surface area contributed by atoms with Crippen LogP contribution in [0.25, 0.3) is 6.08 Å². The molecule has 27 heavy (non-hydrogen) atoms. The standard InChI is InChI=1S/C22H27FN2O2/c1-17-5-11-21(27-4)19(15-17)8-12-22(26)25(14-13-24(2)3)16-18-6-9-20(23)10-7-18/h5-12,15H,13-14,16H2,1-4H3/b12-8+. The lowest BCUT2D eigenvalue weighted by molar-refractivity contribution is -0.126. The predicted octanol–water partition coefficient (Wildman–Crippen LogP) is 3.75. The molecule has 5 heteroatoms. The van der Waals surface area contributed by atoms with E-state index in [0.29, 0.717) is 13.1 Å². The van der Waals surface area contributed by atoms with Crippen LogP contribution in [0.3, 0.4) is 0 Å². The molecule has 0 aliphatic heterocycles. The third-order valence-corrected chi connectivity index (χ3v) is 4.21. The van der Waals surface area contributed by atoms with Crippen LogP contribution in [0, 0.1) is 12.7 Å². The van der Waals surface area contributed by atoms with Gasteiger partial charge in [-0.3, -0.25) is 4.79 Å². The first-order valence-corrected chi connectivity index (χ1v) is 8.90. The zero-order valence-electron chi connectivity index (χ0n) is 16.4. The summed E-state index contributed by atoms with van der Waals surface area (Å²) in [4.78, 5) is 16.6. The molecule has 1 amide bonds. The van der Waals surface area contributed by atoms with Crippen molar-refractivity contribution < 1.29 is 13.9 Å². The molecule has 2 aromatic rings. The highest BCUT2D eigenvalue weighted by Crippen LogP contribution is 2.21. The first kappa shape index (κ1) is 20.6. The second kappa shape index (κ2) is 9.88. The molecule has 0 aromatic heterocycles. The topological polar surface area (TPSA) is 32.8 Å². The quantitative estimate of drug-likeness (QED) is 0.664. The number of hydrogen-bond acceptors (Lipinski definition) is 3. The van der Waals surface area contributed by atoms with E-state index in [9.17, 15) is 9.18 Å². The van der Waals surface area contributed by atoms with Crippen molar-refractivity contribution in [3.63, 3.8) is 0 Å². The maximum atomic E-state index is 13.1. The van der Waals surface area contributed by atoms with Crippen molar-refractivity contribution in [2.75, 3.05) is 34.3 Å². The van der Waals surface area contributed by atoms with Crippen molar-refractivity contribution >= 4 is 12.0 Å². The average Bonchev–Trinajstić information content (AvgIpc) is 2.64. The van der Waals surface area contributed by atoms with Crippen LogP contribution in [-0.2, 0) is 11.3 Å². The maximum Gasteiger partial charge on any atom is 0.246 e. The van der Waals surface area contributed by atoms with E-state index in [4.69, 9.17) is 4.74 Å². The molecule has 2 rings (SSSR count). The minimum absolute atomic E-state index is 0.0928. The Balaban J connectivity index is 2.17. The molecule has 4 nitrogen and oxygen atoms in total. The van der Waals surface area contributed by atoms with Gasteiger partial charge >= 0.3 is 0 Å². The predicted molar refractivity (Wildman–Crippen MR) is 107 cm³/mol. The molecule has 0 unspecified atom stereocenters. The van der Waals surface area contributed by atoms with Crippen LogP contribution in [0.1, 0.15) is 16.7 Å². The molecule has 0 spiro atoms. The van der Waals surface area contributed by atoms with Gasteiger partial charge in [0.2, 0.25) is 5.91 Å². The summed E-state index contributed by atoms with van der Waals surface area (Å²) >= 11 is 0. The largest absolute Gasteiger partial charge is 0.496 e. The Morgan fingerprint density at radius 1 is 1.11 bits per heavy atom. The fraction of sp³-hybridized carbons (Fsp3) is 0.318. The van der Waals surface area contributed by atoms with Gasteiger partial charge in [0.05, 0.1) is 7.11 Å². The summed E-state index contributed by atoms with van der Waals surface area (Å²) < 4.78 is 18.5. The van der Waals surface area contributed by atoms with Crippen LogP contribution in [0.15, 0.2) is 48.5 Å². The van der Waals surface area contributed by atoms with Crippen molar-refractivity contribution in [3.8, 4) is 5.75 Å². The number of rotatable bonds is 8.